The van der Waals surface area contributed by atoms with Crippen molar-refractivity contribution in [1.29, 1.82) is 0 Å². The summed E-state index contributed by atoms with van der Waals surface area (Å²) >= 11 is 8.07. The molecule has 2 aromatic rings. The van der Waals surface area contributed by atoms with Gasteiger partial charge in [-0.3, -0.25) is 9.36 Å². The molecule has 0 aliphatic carbocycles. The van der Waals surface area contributed by atoms with Crippen molar-refractivity contribution >= 4 is 40.1 Å². The van der Waals surface area contributed by atoms with Crippen LogP contribution in [0.1, 0.15) is 16.1 Å². The summed E-state index contributed by atoms with van der Waals surface area (Å²) in [6.07, 6.45) is 1.62. The molecule has 0 radical (unpaired) electrons. The number of fused-ring (bicyclic) bond motifs is 3. The maximum Gasteiger partial charge on any atom is 0.257 e. The highest BCUT2D eigenvalue weighted by molar-refractivity contribution is 14.1. The van der Waals surface area contributed by atoms with Gasteiger partial charge in [-0.25, -0.2) is 9.37 Å². The lowest BCUT2D eigenvalue weighted by Crippen LogP contribution is -2.25. The van der Waals surface area contributed by atoms with E-state index in [0.717, 1.165) is 9.39 Å². The fourth-order valence-electron chi connectivity index (χ4n) is 2.13. The Morgan fingerprint density at radius 2 is 2.21 bits per heavy atom. The number of halogens is 3. The Bertz CT molecular complexity index is 701. The van der Waals surface area contributed by atoms with Crippen LogP contribution < -0.4 is 0 Å². The molecule has 0 bridgehead atoms. The van der Waals surface area contributed by atoms with Gasteiger partial charge >= 0.3 is 0 Å². The Labute approximate surface area is 127 Å². The first-order valence-corrected chi connectivity index (χ1v) is 6.92. The first kappa shape index (κ1) is 12.9. The Hall–Kier alpha value is -1.15. The van der Waals surface area contributed by atoms with Gasteiger partial charge in [0.05, 0.1) is 28.5 Å². The molecule has 19 heavy (non-hydrogen) atoms. The Balaban J connectivity index is 2.39. The number of amides is 1. The number of rotatable bonds is 0. The minimum atomic E-state index is -0.597. The highest BCUT2D eigenvalue weighted by Gasteiger charge is 2.28. The largest absolute Gasteiger partial charge is 0.336 e. The van der Waals surface area contributed by atoms with E-state index >= 15 is 0 Å². The second kappa shape index (κ2) is 4.45. The summed E-state index contributed by atoms with van der Waals surface area (Å²) in [7, 11) is 1.66. The van der Waals surface area contributed by atoms with Crippen LogP contribution in [0.2, 0.25) is 5.02 Å². The maximum absolute atomic E-state index is 13.6. The van der Waals surface area contributed by atoms with Crippen LogP contribution in [0.5, 0.6) is 0 Å². The predicted molar refractivity (Wildman–Crippen MR) is 77.0 cm³/mol. The van der Waals surface area contributed by atoms with E-state index in [1.807, 2.05) is 0 Å². The number of carbonyl (C=O) groups is 1. The number of hydrogen-bond acceptors (Lipinski definition) is 2. The smallest absolute Gasteiger partial charge is 0.257 e. The van der Waals surface area contributed by atoms with Crippen molar-refractivity contribution in [1.82, 2.24) is 14.5 Å². The van der Waals surface area contributed by atoms with Crippen LogP contribution in [-0.4, -0.2) is 27.4 Å². The fourth-order valence-corrected chi connectivity index (χ4v) is 2.93. The highest BCUT2D eigenvalue weighted by atomic mass is 127. The number of benzene rings is 1. The van der Waals surface area contributed by atoms with Gasteiger partial charge in [-0.1, -0.05) is 11.6 Å². The summed E-state index contributed by atoms with van der Waals surface area (Å²) in [6.45, 7) is 0.406. The number of nitrogens with zero attached hydrogens (tertiary/aromatic N) is 3. The van der Waals surface area contributed by atoms with Gasteiger partial charge in [-0.2, -0.15) is 0 Å². The fraction of sp³-hybridized carbons (Fsp3) is 0.167. The Morgan fingerprint density at radius 1 is 1.47 bits per heavy atom. The van der Waals surface area contributed by atoms with E-state index in [1.54, 1.807) is 24.0 Å². The average Bonchev–Trinajstić information content (AvgIpc) is 2.68. The second-order valence-corrected chi connectivity index (χ2v) is 5.67. The molecule has 98 valence electrons. The lowest BCUT2D eigenvalue weighted by Gasteiger charge is -2.14. The van der Waals surface area contributed by atoms with Crippen LogP contribution in [0.3, 0.4) is 0 Å². The van der Waals surface area contributed by atoms with Crippen LogP contribution in [-0.2, 0) is 6.54 Å². The van der Waals surface area contributed by atoms with Crippen molar-refractivity contribution < 1.29 is 9.18 Å². The number of imidazole rings is 1. The topological polar surface area (TPSA) is 38.1 Å². The molecule has 1 aromatic heterocycles. The zero-order valence-corrected chi connectivity index (χ0v) is 12.7. The SMILES string of the molecule is CN1Cc2c(I)ncn2-c2ccc(F)c(Cl)c2C1=O. The van der Waals surface area contributed by atoms with Gasteiger partial charge in [0.1, 0.15) is 15.8 Å². The maximum atomic E-state index is 13.6. The van der Waals surface area contributed by atoms with Crippen molar-refractivity contribution in [3.8, 4) is 5.69 Å². The highest BCUT2D eigenvalue weighted by Crippen LogP contribution is 2.32. The molecule has 1 aliphatic heterocycles. The summed E-state index contributed by atoms with van der Waals surface area (Å²) in [4.78, 5) is 18.1. The lowest BCUT2D eigenvalue weighted by molar-refractivity contribution is 0.0787. The van der Waals surface area contributed by atoms with E-state index in [2.05, 4.69) is 27.6 Å². The average molecular weight is 392 g/mol. The molecule has 4 nitrogen and oxygen atoms in total. The quantitative estimate of drug-likeness (QED) is 0.648. The van der Waals surface area contributed by atoms with Crippen LogP contribution in [0.15, 0.2) is 18.5 Å². The zero-order chi connectivity index (χ0) is 13.7. The summed E-state index contributed by atoms with van der Waals surface area (Å²) in [5.74, 6) is -0.889. The molecule has 0 N–H and O–H groups in total. The number of hydrogen-bond donors (Lipinski definition) is 0. The summed E-state index contributed by atoms with van der Waals surface area (Å²) < 4.78 is 16.2. The molecule has 1 aliphatic rings. The summed E-state index contributed by atoms with van der Waals surface area (Å²) in [5, 5.41) is -0.147. The van der Waals surface area contributed by atoms with E-state index in [1.165, 1.54) is 11.0 Å². The molecule has 7 heteroatoms. The first-order valence-electron chi connectivity index (χ1n) is 5.46. The third-order valence-corrected chi connectivity index (χ3v) is 4.37. The van der Waals surface area contributed by atoms with Crippen molar-refractivity contribution in [2.75, 3.05) is 7.05 Å². The predicted octanol–water partition coefficient (Wildman–Crippen LogP) is 2.86. The molecule has 0 atom stereocenters. The van der Waals surface area contributed by atoms with Crippen LogP contribution in [0.25, 0.3) is 5.69 Å². The van der Waals surface area contributed by atoms with Gasteiger partial charge in [0.2, 0.25) is 0 Å². The minimum Gasteiger partial charge on any atom is -0.336 e. The number of carbonyl (C=O) groups excluding carboxylic acids is 1. The number of aromatic nitrogens is 2. The third kappa shape index (κ3) is 1.85. The molecule has 0 fully saturated rings. The standard InChI is InChI=1S/C12H8ClFIN3O/c1-17-4-8-11(15)16-5-18(8)7-3-2-6(14)10(13)9(7)12(17)19/h2-3,5H,4H2,1H3. The molecule has 0 unspecified atom stereocenters. The van der Waals surface area contributed by atoms with Gasteiger partial charge in [0.15, 0.2) is 0 Å². The molecule has 3 rings (SSSR count). The monoisotopic (exact) mass is 391 g/mol. The van der Waals surface area contributed by atoms with Crippen LogP contribution in [0.4, 0.5) is 4.39 Å². The van der Waals surface area contributed by atoms with Crippen LogP contribution >= 0.6 is 34.2 Å². The van der Waals surface area contributed by atoms with E-state index in [-0.39, 0.29) is 16.5 Å². The van der Waals surface area contributed by atoms with Gasteiger partial charge in [-0.05, 0) is 34.7 Å². The van der Waals surface area contributed by atoms with E-state index in [9.17, 15) is 9.18 Å². The van der Waals surface area contributed by atoms with Crippen molar-refractivity contribution in [3.05, 3.63) is 44.3 Å². The third-order valence-electron chi connectivity index (χ3n) is 3.10. The van der Waals surface area contributed by atoms with Crippen molar-refractivity contribution in [2.24, 2.45) is 0 Å². The van der Waals surface area contributed by atoms with Crippen molar-refractivity contribution in [3.63, 3.8) is 0 Å². The van der Waals surface area contributed by atoms with Gasteiger partial charge in [0.25, 0.3) is 5.91 Å². The summed E-state index contributed by atoms with van der Waals surface area (Å²) in [5.41, 5.74) is 1.63. The molecule has 1 aromatic carbocycles. The first-order chi connectivity index (χ1) is 9.00. The second-order valence-electron chi connectivity index (χ2n) is 4.27. The molecule has 0 saturated carbocycles. The molecule has 0 spiro atoms. The molecular weight excluding hydrogens is 384 g/mol. The van der Waals surface area contributed by atoms with E-state index in [0.29, 0.717) is 12.2 Å². The van der Waals surface area contributed by atoms with Gasteiger partial charge in [0, 0.05) is 7.05 Å². The molecular formula is C12H8ClFIN3O. The van der Waals surface area contributed by atoms with Crippen LogP contribution in [0, 0.1) is 9.52 Å². The lowest BCUT2D eigenvalue weighted by atomic mass is 10.1. The van der Waals surface area contributed by atoms with E-state index in [4.69, 9.17) is 11.6 Å². The Kier molecular flexibility index (Phi) is 3.01. The molecule has 1 amide bonds. The normalized spacial score (nSPS) is 14.1. The van der Waals surface area contributed by atoms with Gasteiger partial charge < -0.3 is 4.90 Å². The summed E-state index contributed by atoms with van der Waals surface area (Å²) in [6, 6.07) is 2.81. The van der Waals surface area contributed by atoms with E-state index < -0.39 is 5.82 Å². The minimum absolute atomic E-state index is 0.147. The Morgan fingerprint density at radius 3 is 2.95 bits per heavy atom. The zero-order valence-electron chi connectivity index (χ0n) is 9.82. The molecule has 2 heterocycles. The van der Waals surface area contributed by atoms with Crippen molar-refractivity contribution in [2.45, 2.75) is 6.54 Å². The van der Waals surface area contributed by atoms with Gasteiger partial charge in [-0.15, -0.1) is 0 Å². The molecule has 0 saturated heterocycles.